The number of hydrogen-bond donors (Lipinski definition) is 2. The molecule has 0 spiro atoms. The quantitative estimate of drug-likeness (QED) is 0.665. The van der Waals surface area contributed by atoms with E-state index in [2.05, 4.69) is 37.2 Å². The molecule has 0 radical (unpaired) electrons. The van der Waals surface area contributed by atoms with Crippen LogP contribution in [-0.2, 0) is 14.3 Å². The van der Waals surface area contributed by atoms with E-state index in [1.807, 2.05) is 0 Å². The first-order chi connectivity index (χ1) is 8.53. The minimum atomic E-state index is -1.21. The molecular weight excluding hydrogens is 386 g/mol. The third-order valence-corrected chi connectivity index (χ3v) is 2.93. The minimum absolute atomic E-state index is 0.00110. The van der Waals surface area contributed by atoms with Crippen LogP contribution < -0.4 is 5.32 Å². The summed E-state index contributed by atoms with van der Waals surface area (Å²) >= 11 is 6.05. The van der Waals surface area contributed by atoms with Crippen molar-refractivity contribution in [1.29, 1.82) is 0 Å². The van der Waals surface area contributed by atoms with Gasteiger partial charge in [0.25, 0.3) is 0 Å². The SMILES string of the molecule is CC(C)(C)OC(=O)N[C@@H](CCC(=O)C(Br)Br)C(=O)O. The van der Waals surface area contributed by atoms with Crippen LogP contribution in [0.4, 0.5) is 4.79 Å². The van der Waals surface area contributed by atoms with E-state index in [-0.39, 0.29) is 18.6 Å². The van der Waals surface area contributed by atoms with Gasteiger partial charge in [0.2, 0.25) is 0 Å². The van der Waals surface area contributed by atoms with Gasteiger partial charge in [-0.3, -0.25) is 4.79 Å². The van der Waals surface area contributed by atoms with Gasteiger partial charge in [-0.15, -0.1) is 0 Å². The lowest BCUT2D eigenvalue weighted by Crippen LogP contribution is -2.43. The predicted molar refractivity (Wildman–Crippen MR) is 76.7 cm³/mol. The van der Waals surface area contributed by atoms with Crippen molar-refractivity contribution in [3.8, 4) is 0 Å². The molecule has 0 rings (SSSR count). The first-order valence-corrected chi connectivity index (χ1v) is 7.39. The molecule has 110 valence electrons. The molecule has 0 saturated carbocycles. The van der Waals surface area contributed by atoms with Crippen molar-refractivity contribution in [2.24, 2.45) is 0 Å². The summed E-state index contributed by atoms with van der Waals surface area (Å²) < 4.78 is 4.44. The molecule has 0 aliphatic rings. The summed E-state index contributed by atoms with van der Waals surface area (Å²) in [6, 6.07) is -1.16. The van der Waals surface area contributed by atoms with Crippen LogP contribution in [-0.4, -0.2) is 38.3 Å². The standard InChI is InChI=1S/C11H17Br2NO5/c1-11(2,3)19-10(18)14-6(9(16)17)4-5-7(15)8(12)13/h6,8H,4-5H2,1-3H3,(H,14,18)(H,16,17)/t6-/m0/s1. The molecule has 0 aromatic heterocycles. The highest BCUT2D eigenvalue weighted by Crippen LogP contribution is 2.14. The lowest BCUT2D eigenvalue weighted by Gasteiger charge is -2.21. The molecule has 0 aromatic rings. The molecule has 0 bridgehead atoms. The van der Waals surface area contributed by atoms with Gasteiger partial charge in [-0.05, 0) is 27.2 Å². The van der Waals surface area contributed by atoms with E-state index in [1.165, 1.54) is 0 Å². The lowest BCUT2D eigenvalue weighted by molar-refractivity contribution is -0.139. The highest BCUT2D eigenvalue weighted by atomic mass is 79.9. The molecular formula is C11H17Br2NO5. The fourth-order valence-corrected chi connectivity index (χ4v) is 1.56. The molecule has 19 heavy (non-hydrogen) atoms. The smallest absolute Gasteiger partial charge is 0.408 e. The molecule has 0 unspecified atom stereocenters. The van der Waals surface area contributed by atoms with Crippen LogP contribution in [0.15, 0.2) is 0 Å². The number of carboxylic acids is 1. The number of amides is 1. The number of alkyl halides is 2. The predicted octanol–water partition coefficient (Wildman–Crippen LogP) is 2.43. The third-order valence-electron chi connectivity index (χ3n) is 1.91. The van der Waals surface area contributed by atoms with Crippen LogP contribution in [0.2, 0.25) is 0 Å². The van der Waals surface area contributed by atoms with Gasteiger partial charge in [0.05, 0.1) is 0 Å². The Labute approximate surface area is 128 Å². The Hall–Kier alpha value is -0.630. The maximum atomic E-state index is 11.5. The number of rotatable bonds is 6. The van der Waals surface area contributed by atoms with Gasteiger partial charge in [-0.2, -0.15) is 0 Å². The molecule has 1 amide bonds. The Balaban J connectivity index is 4.39. The summed E-state index contributed by atoms with van der Waals surface area (Å²) in [6.07, 6.45) is -0.795. The number of alkyl carbamates (subject to hydrolysis) is 1. The van der Waals surface area contributed by atoms with E-state index < -0.39 is 27.4 Å². The van der Waals surface area contributed by atoms with Crippen LogP contribution in [0.25, 0.3) is 0 Å². The number of Topliss-reactive ketones (excluding diaryl/α,β-unsaturated/α-hetero) is 1. The van der Waals surface area contributed by atoms with Crippen molar-refractivity contribution in [2.45, 2.75) is 49.0 Å². The summed E-state index contributed by atoms with van der Waals surface area (Å²) in [4.78, 5) is 33.8. The highest BCUT2D eigenvalue weighted by Gasteiger charge is 2.25. The number of halogens is 2. The number of carbonyl (C=O) groups excluding carboxylic acids is 2. The summed E-state index contributed by atoms with van der Waals surface area (Å²) in [5, 5.41) is 11.2. The number of ketones is 1. The second-order valence-electron chi connectivity index (χ2n) is 4.84. The maximum absolute atomic E-state index is 11.5. The summed E-state index contributed by atoms with van der Waals surface area (Å²) in [5.41, 5.74) is -0.709. The van der Waals surface area contributed by atoms with Crippen LogP contribution in [0.5, 0.6) is 0 Å². The average Bonchev–Trinajstić information content (AvgIpc) is 2.20. The van der Waals surface area contributed by atoms with Crippen molar-refractivity contribution in [2.75, 3.05) is 0 Å². The van der Waals surface area contributed by atoms with Crippen molar-refractivity contribution in [1.82, 2.24) is 5.32 Å². The second kappa shape index (κ2) is 7.84. The summed E-state index contributed by atoms with van der Waals surface area (Å²) in [6.45, 7) is 5.02. The fourth-order valence-electron chi connectivity index (χ4n) is 1.10. The Bertz CT molecular complexity index is 351. The number of hydrogen-bond acceptors (Lipinski definition) is 4. The third kappa shape index (κ3) is 8.99. The van der Waals surface area contributed by atoms with Gasteiger partial charge < -0.3 is 15.2 Å². The number of ether oxygens (including phenoxy) is 1. The van der Waals surface area contributed by atoms with Gasteiger partial charge in [0.15, 0.2) is 5.78 Å². The van der Waals surface area contributed by atoms with Gasteiger partial charge >= 0.3 is 12.1 Å². The first kappa shape index (κ1) is 18.4. The summed E-state index contributed by atoms with van der Waals surface area (Å²) in [7, 11) is 0. The van der Waals surface area contributed by atoms with E-state index in [1.54, 1.807) is 20.8 Å². The molecule has 0 aliphatic carbocycles. The van der Waals surface area contributed by atoms with Gasteiger partial charge in [-0.1, -0.05) is 31.9 Å². The van der Waals surface area contributed by atoms with Crippen LogP contribution in [0.1, 0.15) is 33.6 Å². The fraction of sp³-hybridized carbons (Fsp3) is 0.727. The van der Waals surface area contributed by atoms with Gasteiger partial charge in [0, 0.05) is 6.42 Å². The molecule has 1 atom stereocenters. The lowest BCUT2D eigenvalue weighted by atomic mass is 10.1. The molecule has 6 nitrogen and oxygen atoms in total. The van der Waals surface area contributed by atoms with E-state index >= 15 is 0 Å². The Morgan fingerprint density at radius 1 is 1.26 bits per heavy atom. The molecule has 0 saturated heterocycles. The monoisotopic (exact) mass is 401 g/mol. The van der Waals surface area contributed by atoms with Crippen molar-refractivity contribution >= 4 is 49.7 Å². The molecule has 8 heteroatoms. The normalized spacial score (nSPS) is 12.9. The average molecular weight is 403 g/mol. The molecule has 0 aliphatic heterocycles. The van der Waals surface area contributed by atoms with E-state index in [9.17, 15) is 14.4 Å². The van der Waals surface area contributed by atoms with Crippen LogP contribution in [0.3, 0.4) is 0 Å². The second-order valence-corrected chi connectivity index (χ2v) is 7.90. The van der Waals surface area contributed by atoms with E-state index in [4.69, 9.17) is 9.84 Å². The maximum Gasteiger partial charge on any atom is 0.408 e. The number of carbonyl (C=O) groups is 3. The minimum Gasteiger partial charge on any atom is -0.480 e. The Kier molecular flexibility index (Phi) is 7.58. The zero-order chi connectivity index (χ0) is 15.2. The van der Waals surface area contributed by atoms with Crippen molar-refractivity contribution in [3.05, 3.63) is 0 Å². The largest absolute Gasteiger partial charge is 0.480 e. The van der Waals surface area contributed by atoms with Crippen molar-refractivity contribution in [3.63, 3.8) is 0 Å². The summed E-state index contributed by atoms with van der Waals surface area (Å²) in [5.74, 6) is -1.41. The zero-order valence-electron chi connectivity index (χ0n) is 10.9. The van der Waals surface area contributed by atoms with Gasteiger partial charge in [0.1, 0.15) is 15.4 Å². The van der Waals surface area contributed by atoms with Gasteiger partial charge in [-0.25, -0.2) is 9.59 Å². The topological polar surface area (TPSA) is 92.7 Å². The Morgan fingerprint density at radius 2 is 1.79 bits per heavy atom. The number of aliphatic carboxylic acids is 1. The molecule has 2 N–H and O–H groups in total. The molecule has 0 aromatic carbocycles. The van der Waals surface area contributed by atoms with E-state index in [0.717, 1.165) is 0 Å². The molecule has 0 fully saturated rings. The number of nitrogens with one attached hydrogen (secondary N) is 1. The number of carboxylic acid groups (broad SMARTS) is 1. The molecule has 0 heterocycles. The van der Waals surface area contributed by atoms with E-state index in [0.29, 0.717) is 0 Å². The first-order valence-electron chi connectivity index (χ1n) is 5.56. The highest BCUT2D eigenvalue weighted by molar-refractivity contribution is 9.25. The Morgan fingerprint density at radius 3 is 2.16 bits per heavy atom. The van der Waals surface area contributed by atoms with Crippen LogP contribution >= 0.6 is 31.9 Å². The van der Waals surface area contributed by atoms with Crippen LogP contribution in [0, 0.1) is 0 Å². The van der Waals surface area contributed by atoms with Crippen molar-refractivity contribution < 1.29 is 24.2 Å². The zero-order valence-corrected chi connectivity index (χ0v) is 14.1.